The van der Waals surface area contributed by atoms with E-state index in [1.54, 1.807) is 6.92 Å². The first-order chi connectivity index (χ1) is 13.5. The molecule has 1 aliphatic heterocycles. The molecule has 3 aromatic rings. The number of piperidine rings is 1. The van der Waals surface area contributed by atoms with E-state index in [1.165, 1.54) is 5.56 Å². The van der Waals surface area contributed by atoms with E-state index < -0.39 is 0 Å². The number of carbonyl (C=O) groups is 1. The highest BCUT2D eigenvalue weighted by molar-refractivity contribution is 14.1. The minimum atomic E-state index is 0.0514. The second-order valence-electron chi connectivity index (χ2n) is 6.94. The van der Waals surface area contributed by atoms with Gasteiger partial charge in [-0.05, 0) is 55.3 Å². The fourth-order valence-corrected chi connectivity index (χ4v) is 4.53. The Hall–Kier alpha value is -1.93. The van der Waals surface area contributed by atoms with Crippen LogP contribution in [0.5, 0.6) is 0 Å². The first kappa shape index (κ1) is 19.4. The lowest BCUT2D eigenvalue weighted by Crippen LogP contribution is -2.43. The van der Waals surface area contributed by atoms with Gasteiger partial charge in [-0.3, -0.25) is 4.79 Å². The second-order valence-corrected chi connectivity index (χ2v) is 8.97. The molecule has 2 aromatic carbocycles. The van der Waals surface area contributed by atoms with Gasteiger partial charge in [0, 0.05) is 39.1 Å². The molecule has 1 aliphatic rings. The molecule has 144 valence electrons. The van der Waals surface area contributed by atoms with Gasteiger partial charge >= 0.3 is 0 Å². The number of benzene rings is 2. The summed E-state index contributed by atoms with van der Waals surface area (Å²) < 4.78 is 5.68. The van der Waals surface area contributed by atoms with E-state index in [-0.39, 0.29) is 5.91 Å². The van der Waals surface area contributed by atoms with Crippen molar-refractivity contribution in [3.63, 3.8) is 0 Å². The number of hydrogen-bond acceptors (Lipinski definition) is 4. The number of rotatable bonds is 3. The molecule has 1 amide bonds. The fraction of sp³-hybridized carbons (Fsp3) is 0.286. The Morgan fingerprint density at radius 1 is 1.18 bits per heavy atom. The van der Waals surface area contributed by atoms with Gasteiger partial charge in [-0.15, -0.1) is 0 Å². The smallest absolute Gasteiger partial charge is 0.257 e. The number of aromatic nitrogens is 2. The van der Waals surface area contributed by atoms with Crippen LogP contribution in [-0.2, 0) is 0 Å². The second kappa shape index (κ2) is 8.21. The standard InChI is InChI=1S/C21H19ClIN3O2/c1-13-24-20(28-25-13)15-2-4-16(5-3-15)21(27)26-11-10-19(23)18(12-26)14-6-8-17(22)9-7-14/h2-9,18-19H,10-12H2,1H3/t18-,19+/m0/s1. The van der Waals surface area contributed by atoms with Gasteiger partial charge in [0.1, 0.15) is 0 Å². The molecule has 1 saturated heterocycles. The van der Waals surface area contributed by atoms with Crippen molar-refractivity contribution in [3.05, 3.63) is 70.5 Å². The van der Waals surface area contributed by atoms with Crippen molar-refractivity contribution < 1.29 is 9.32 Å². The summed E-state index contributed by atoms with van der Waals surface area (Å²) in [5.74, 6) is 1.40. The number of hydrogen-bond donors (Lipinski definition) is 0. The molecule has 0 spiro atoms. The van der Waals surface area contributed by atoms with Gasteiger partial charge in [-0.1, -0.05) is 51.5 Å². The molecule has 2 atom stereocenters. The van der Waals surface area contributed by atoms with Crippen LogP contribution >= 0.6 is 34.2 Å². The normalized spacial score (nSPS) is 19.6. The Kier molecular flexibility index (Phi) is 5.68. The minimum Gasteiger partial charge on any atom is -0.338 e. The summed E-state index contributed by atoms with van der Waals surface area (Å²) in [6.45, 7) is 3.25. The Balaban J connectivity index is 1.50. The predicted molar refractivity (Wildman–Crippen MR) is 117 cm³/mol. The molecule has 0 unspecified atom stereocenters. The zero-order chi connectivity index (χ0) is 19.7. The molecule has 1 fully saturated rings. The Bertz CT molecular complexity index is 972. The highest BCUT2D eigenvalue weighted by atomic mass is 127. The van der Waals surface area contributed by atoms with E-state index in [2.05, 4.69) is 44.9 Å². The van der Waals surface area contributed by atoms with Crippen LogP contribution in [0.4, 0.5) is 0 Å². The van der Waals surface area contributed by atoms with Crippen LogP contribution in [0, 0.1) is 6.92 Å². The number of halogens is 2. The number of alkyl halides is 1. The molecular formula is C21H19ClIN3O2. The summed E-state index contributed by atoms with van der Waals surface area (Å²) in [5, 5.41) is 4.53. The van der Waals surface area contributed by atoms with E-state index in [1.807, 2.05) is 41.3 Å². The van der Waals surface area contributed by atoms with E-state index >= 15 is 0 Å². The molecular weight excluding hydrogens is 489 g/mol. The van der Waals surface area contributed by atoms with Gasteiger partial charge < -0.3 is 9.42 Å². The SMILES string of the molecule is Cc1noc(-c2ccc(C(=O)N3CC[C@@H](I)[C@H](c4ccc(Cl)cc4)C3)cc2)n1. The van der Waals surface area contributed by atoms with Crippen LogP contribution in [-0.4, -0.2) is 38.0 Å². The average molecular weight is 508 g/mol. The Morgan fingerprint density at radius 2 is 1.89 bits per heavy atom. The molecule has 0 bridgehead atoms. The number of likely N-dealkylation sites (tertiary alicyclic amines) is 1. The lowest BCUT2D eigenvalue weighted by atomic mass is 9.90. The third kappa shape index (κ3) is 4.07. The molecule has 0 N–H and O–H groups in total. The van der Waals surface area contributed by atoms with Gasteiger partial charge in [-0.25, -0.2) is 0 Å². The third-order valence-electron chi connectivity index (χ3n) is 5.02. The predicted octanol–water partition coefficient (Wildman–Crippen LogP) is 5.13. The van der Waals surface area contributed by atoms with Crippen LogP contribution in [0.1, 0.15) is 34.1 Å². The van der Waals surface area contributed by atoms with E-state index in [0.29, 0.717) is 33.7 Å². The van der Waals surface area contributed by atoms with Crippen molar-refractivity contribution in [1.29, 1.82) is 0 Å². The Morgan fingerprint density at radius 3 is 2.54 bits per heavy atom. The largest absolute Gasteiger partial charge is 0.338 e. The van der Waals surface area contributed by atoms with Gasteiger partial charge in [0.25, 0.3) is 11.8 Å². The zero-order valence-electron chi connectivity index (χ0n) is 15.3. The van der Waals surface area contributed by atoms with Crippen LogP contribution in [0.15, 0.2) is 53.1 Å². The Labute approximate surface area is 182 Å². The van der Waals surface area contributed by atoms with Gasteiger partial charge in [-0.2, -0.15) is 4.98 Å². The maximum atomic E-state index is 13.0. The summed E-state index contributed by atoms with van der Waals surface area (Å²) in [7, 11) is 0. The first-order valence-electron chi connectivity index (χ1n) is 9.11. The summed E-state index contributed by atoms with van der Waals surface area (Å²) in [6, 6.07) is 15.3. The minimum absolute atomic E-state index is 0.0514. The monoisotopic (exact) mass is 507 g/mol. The molecule has 2 heterocycles. The summed E-state index contributed by atoms with van der Waals surface area (Å²) in [5.41, 5.74) is 2.70. The molecule has 0 radical (unpaired) electrons. The lowest BCUT2D eigenvalue weighted by molar-refractivity contribution is 0.0714. The fourth-order valence-electron chi connectivity index (χ4n) is 3.48. The summed E-state index contributed by atoms with van der Waals surface area (Å²) in [6.07, 6.45) is 0.971. The number of carbonyl (C=O) groups excluding carboxylic acids is 1. The molecule has 28 heavy (non-hydrogen) atoms. The first-order valence-corrected chi connectivity index (χ1v) is 10.7. The maximum absolute atomic E-state index is 13.0. The van der Waals surface area contributed by atoms with Gasteiger partial charge in [0.05, 0.1) is 0 Å². The summed E-state index contributed by atoms with van der Waals surface area (Å²) >= 11 is 8.52. The van der Waals surface area contributed by atoms with Gasteiger partial charge in [0.2, 0.25) is 0 Å². The van der Waals surface area contributed by atoms with Crippen molar-refractivity contribution >= 4 is 40.1 Å². The third-order valence-corrected chi connectivity index (χ3v) is 6.76. The quantitative estimate of drug-likeness (QED) is 0.364. The van der Waals surface area contributed by atoms with Crippen LogP contribution < -0.4 is 0 Å². The van der Waals surface area contributed by atoms with Crippen LogP contribution in [0.2, 0.25) is 5.02 Å². The zero-order valence-corrected chi connectivity index (χ0v) is 18.2. The molecule has 0 aliphatic carbocycles. The highest BCUT2D eigenvalue weighted by Gasteiger charge is 2.31. The number of nitrogens with zero attached hydrogens (tertiary/aromatic N) is 3. The average Bonchev–Trinajstić information content (AvgIpc) is 3.15. The molecule has 4 rings (SSSR count). The molecule has 1 aromatic heterocycles. The number of aryl methyl sites for hydroxylation is 1. The topological polar surface area (TPSA) is 59.2 Å². The van der Waals surface area contributed by atoms with Crippen molar-refractivity contribution in [1.82, 2.24) is 15.0 Å². The van der Waals surface area contributed by atoms with E-state index in [9.17, 15) is 4.79 Å². The maximum Gasteiger partial charge on any atom is 0.257 e. The molecule has 7 heteroatoms. The number of amides is 1. The molecule has 5 nitrogen and oxygen atoms in total. The van der Waals surface area contributed by atoms with Crippen molar-refractivity contribution in [3.8, 4) is 11.5 Å². The van der Waals surface area contributed by atoms with Gasteiger partial charge in [0.15, 0.2) is 5.82 Å². The van der Waals surface area contributed by atoms with E-state index in [0.717, 1.165) is 23.6 Å². The van der Waals surface area contributed by atoms with Crippen molar-refractivity contribution in [2.45, 2.75) is 23.2 Å². The van der Waals surface area contributed by atoms with Crippen LogP contribution in [0.3, 0.4) is 0 Å². The molecule has 0 saturated carbocycles. The van der Waals surface area contributed by atoms with Crippen molar-refractivity contribution in [2.75, 3.05) is 13.1 Å². The van der Waals surface area contributed by atoms with Crippen LogP contribution in [0.25, 0.3) is 11.5 Å². The summed E-state index contributed by atoms with van der Waals surface area (Å²) in [4.78, 5) is 19.2. The van der Waals surface area contributed by atoms with E-state index in [4.69, 9.17) is 16.1 Å². The highest BCUT2D eigenvalue weighted by Crippen LogP contribution is 2.34. The van der Waals surface area contributed by atoms with Crippen molar-refractivity contribution in [2.24, 2.45) is 0 Å². The lowest BCUT2D eigenvalue weighted by Gasteiger charge is -2.36.